The molecule has 0 amide bonds. The van der Waals surface area contributed by atoms with Crippen molar-refractivity contribution in [2.24, 2.45) is 0 Å². The molecule has 15 heavy (non-hydrogen) atoms. The van der Waals surface area contributed by atoms with Crippen LogP contribution in [0, 0.1) is 0 Å². The third-order valence-corrected chi connectivity index (χ3v) is 2.75. The number of alkyl halides is 1. The Bertz CT molecular complexity index is 503. The minimum absolute atomic E-state index is 0.835. The molecule has 2 rings (SSSR count). The fourth-order valence-electron chi connectivity index (χ4n) is 1.68. The molecule has 0 bridgehead atoms. The molecule has 0 aliphatic carbocycles. The van der Waals surface area contributed by atoms with Gasteiger partial charge in [0.1, 0.15) is 0 Å². The van der Waals surface area contributed by atoms with Crippen LogP contribution in [0.5, 0.6) is 0 Å². The van der Waals surface area contributed by atoms with Gasteiger partial charge in [0.25, 0.3) is 0 Å². The Hall–Kier alpha value is -1.28. The van der Waals surface area contributed by atoms with Crippen LogP contribution in [-0.2, 0) is 0 Å². The molecular formula is C13H12BrN. The molecule has 0 unspecified atom stereocenters. The zero-order valence-corrected chi connectivity index (χ0v) is 9.87. The van der Waals surface area contributed by atoms with E-state index in [2.05, 4.69) is 46.3 Å². The summed E-state index contributed by atoms with van der Waals surface area (Å²) in [7, 11) is 0. The second kappa shape index (κ2) is 4.49. The summed E-state index contributed by atoms with van der Waals surface area (Å²) in [6, 6.07) is 12.2. The maximum Gasteiger partial charge on any atom is 0.0393 e. The quantitative estimate of drug-likeness (QED) is 0.646. The monoisotopic (exact) mass is 261 g/mol. The van der Waals surface area contributed by atoms with Crippen molar-refractivity contribution in [2.45, 2.75) is 0 Å². The largest absolute Gasteiger partial charge is 0.398 e. The van der Waals surface area contributed by atoms with Crippen LogP contribution in [0.25, 0.3) is 16.8 Å². The molecule has 0 spiro atoms. The summed E-state index contributed by atoms with van der Waals surface area (Å²) in [5, 5.41) is 3.19. The zero-order valence-electron chi connectivity index (χ0n) is 8.28. The molecule has 2 aromatic rings. The Kier molecular flexibility index (Phi) is 3.07. The molecule has 0 aliphatic rings. The van der Waals surface area contributed by atoms with Crippen LogP contribution in [0.2, 0.25) is 0 Å². The minimum Gasteiger partial charge on any atom is -0.398 e. The molecule has 2 aromatic carbocycles. The lowest BCUT2D eigenvalue weighted by Gasteiger charge is -2.04. The number of allylic oxidation sites excluding steroid dienone is 1. The second-order valence-electron chi connectivity index (χ2n) is 3.35. The first kappa shape index (κ1) is 10.2. The van der Waals surface area contributed by atoms with E-state index in [9.17, 15) is 0 Å². The number of hydrogen-bond donors (Lipinski definition) is 1. The minimum atomic E-state index is 0.835. The first-order chi connectivity index (χ1) is 7.33. The maximum atomic E-state index is 5.92. The van der Waals surface area contributed by atoms with Gasteiger partial charge in [-0.2, -0.15) is 0 Å². The van der Waals surface area contributed by atoms with Gasteiger partial charge < -0.3 is 5.73 Å². The van der Waals surface area contributed by atoms with E-state index in [0.717, 1.165) is 16.4 Å². The van der Waals surface area contributed by atoms with Crippen LogP contribution in [0.4, 0.5) is 5.69 Å². The molecule has 0 saturated carbocycles. The molecular weight excluding hydrogens is 250 g/mol. The van der Waals surface area contributed by atoms with Gasteiger partial charge in [-0.15, -0.1) is 0 Å². The van der Waals surface area contributed by atoms with Crippen LogP contribution >= 0.6 is 15.9 Å². The van der Waals surface area contributed by atoms with Crippen molar-refractivity contribution in [1.29, 1.82) is 0 Å². The number of hydrogen-bond acceptors (Lipinski definition) is 1. The molecule has 0 radical (unpaired) electrons. The second-order valence-corrected chi connectivity index (χ2v) is 3.99. The number of benzene rings is 2. The highest BCUT2D eigenvalue weighted by Crippen LogP contribution is 2.24. The van der Waals surface area contributed by atoms with Gasteiger partial charge in [-0.25, -0.2) is 0 Å². The van der Waals surface area contributed by atoms with Gasteiger partial charge in [0, 0.05) is 16.4 Å². The van der Waals surface area contributed by atoms with Gasteiger partial charge in [0.15, 0.2) is 0 Å². The summed E-state index contributed by atoms with van der Waals surface area (Å²) < 4.78 is 0. The zero-order chi connectivity index (χ0) is 10.7. The molecule has 0 atom stereocenters. The predicted molar refractivity (Wildman–Crippen MR) is 71.2 cm³/mol. The first-order valence-corrected chi connectivity index (χ1v) is 5.95. The summed E-state index contributed by atoms with van der Waals surface area (Å²) in [6.45, 7) is 0. The molecule has 0 aliphatic heterocycles. The Morgan fingerprint density at radius 3 is 2.60 bits per heavy atom. The van der Waals surface area contributed by atoms with Crippen LogP contribution in [0.1, 0.15) is 5.56 Å². The molecule has 1 nitrogen and oxygen atoms in total. The van der Waals surface area contributed by atoms with E-state index in [-0.39, 0.29) is 0 Å². The number of fused-ring (bicyclic) bond motifs is 1. The highest BCUT2D eigenvalue weighted by molar-refractivity contribution is 9.09. The van der Waals surface area contributed by atoms with Gasteiger partial charge in [-0.3, -0.25) is 0 Å². The van der Waals surface area contributed by atoms with E-state index in [1.807, 2.05) is 18.2 Å². The lowest BCUT2D eigenvalue weighted by Crippen LogP contribution is -1.87. The molecule has 0 saturated heterocycles. The van der Waals surface area contributed by atoms with Crippen LogP contribution in [0.3, 0.4) is 0 Å². The van der Waals surface area contributed by atoms with Crippen LogP contribution < -0.4 is 5.73 Å². The van der Waals surface area contributed by atoms with Crippen molar-refractivity contribution in [3.05, 3.63) is 48.0 Å². The van der Waals surface area contributed by atoms with E-state index >= 15 is 0 Å². The topological polar surface area (TPSA) is 26.0 Å². The average Bonchev–Trinajstić information content (AvgIpc) is 2.27. The van der Waals surface area contributed by atoms with E-state index in [1.54, 1.807) is 0 Å². The predicted octanol–water partition coefficient (Wildman–Crippen LogP) is 3.83. The molecule has 76 valence electrons. The SMILES string of the molecule is Nc1cccc2c(C=CCBr)cccc12. The average molecular weight is 262 g/mol. The highest BCUT2D eigenvalue weighted by Gasteiger charge is 1.99. The molecule has 2 N–H and O–H groups in total. The van der Waals surface area contributed by atoms with E-state index in [0.29, 0.717) is 0 Å². The summed E-state index contributed by atoms with van der Waals surface area (Å²) in [6.07, 6.45) is 4.19. The van der Waals surface area contributed by atoms with Crippen molar-refractivity contribution in [3.63, 3.8) is 0 Å². The smallest absolute Gasteiger partial charge is 0.0393 e. The third-order valence-electron chi connectivity index (χ3n) is 2.38. The van der Waals surface area contributed by atoms with E-state index < -0.39 is 0 Å². The fraction of sp³-hybridized carbons (Fsp3) is 0.0769. The number of anilines is 1. The maximum absolute atomic E-state index is 5.92. The Labute approximate surface area is 97.7 Å². The summed E-state index contributed by atoms with van der Waals surface area (Å²) in [5.41, 5.74) is 7.96. The Balaban J connectivity index is 2.66. The van der Waals surface area contributed by atoms with Gasteiger partial charge in [0.2, 0.25) is 0 Å². The van der Waals surface area contributed by atoms with Crippen molar-refractivity contribution in [2.75, 3.05) is 11.1 Å². The first-order valence-electron chi connectivity index (χ1n) is 4.82. The van der Waals surface area contributed by atoms with Crippen LogP contribution in [-0.4, -0.2) is 5.33 Å². The molecule has 0 aromatic heterocycles. The number of rotatable bonds is 2. The normalized spacial score (nSPS) is 11.3. The summed E-state index contributed by atoms with van der Waals surface area (Å²) in [4.78, 5) is 0. The molecule has 0 heterocycles. The van der Waals surface area contributed by atoms with Crippen LogP contribution in [0.15, 0.2) is 42.5 Å². The van der Waals surface area contributed by atoms with Gasteiger partial charge in [-0.1, -0.05) is 58.4 Å². The van der Waals surface area contributed by atoms with E-state index in [1.165, 1.54) is 10.9 Å². The summed E-state index contributed by atoms with van der Waals surface area (Å²) >= 11 is 3.37. The van der Waals surface area contributed by atoms with E-state index in [4.69, 9.17) is 5.73 Å². The Morgan fingerprint density at radius 2 is 1.80 bits per heavy atom. The highest BCUT2D eigenvalue weighted by atomic mass is 79.9. The van der Waals surface area contributed by atoms with Gasteiger partial charge >= 0.3 is 0 Å². The lowest BCUT2D eigenvalue weighted by molar-refractivity contribution is 1.69. The molecule has 0 fully saturated rings. The Morgan fingerprint density at radius 1 is 1.07 bits per heavy atom. The summed E-state index contributed by atoms with van der Waals surface area (Å²) in [5.74, 6) is 0. The third kappa shape index (κ3) is 2.05. The lowest BCUT2D eigenvalue weighted by atomic mass is 10.0. The fourth-order valence-corrected chi connectivity index (χ4v) is 1.86. The van der Waals surface area contributed by atoms with Crippen molar-refractivity contribution in [3.8, 4) is 0 Å². The number of halogens is 1. The standard InChI is InChI=1S/C13H12BrN/c14-9-3-5-10-4-1-7-12-11(10)6-2-8-13(12)15/h1-8H,9,15H2. The number of nitrogens with two attached hydrogens (primary N) is 1. The van der Waals surface area contributed by atoms with Crippen molar-refractivity contribution >= 4 is 38.5 Å². The van der Waals surface area contributed by atoms with Gasteiger partial charge in [0.05, 0.1) is 0 Å². The number of nitrogen functional groups attached to an aromatic ring is 1. The van der Waals surface area contributed by atoms with Gasteiger partial charge in [-0.05, 0) is 17.0 Å². The van der Waals surface area contributed by atoms with Crippen molar-refractivity contribution in [1.82, 2.24) is 0 Å². The molecule has 2 heteroatoms. The van der Waals surface area contributed by atoms with Crippen molar-refractivity contribution < 1.29 is 0 Å².